The van der Waals surface area contributed by atoms with Gasteiger partial charge in [0.1, 0.15) is 18.7 Å². The van der Waals surface area contributed by atoms with Crippen molar-refractivity contribution in [2.24, 2.45) is 0 Å². The van der Waals surface area contributed by atoms with Crippen LogP contribution in [0.15, 0.2) is 17.5 Å². The van der Waals surface area contributed by atoms with E-state index >= 15 is 0 Å². The molecule has 2 aliphatic heterocycles. The van der Waals surface area contributed by atoms with E-state index < -0.39 is 57.6 Å². The van der Waals surface area contributed by atoms with Crippen LogP contribution in [-0.4, -0.2) is 75.9 Å². The van der Waals surface area contributed by atoms with E-state index in [0.29, 0.717) is 16.2 Å². The van der Waals surface area contributed by atoms with Crippen molar-refractivity contribution in [2.75, 3.05) is 20.8 Å². The minimum absolute atomic E-state index is 0.204. The van der Waals surface area contributed by atoms with Crippen LogP contribution >= 0.6 is 22.0 Å². The maximum absolute atomic E-state index is 13.2. The number of ether oxygens (including phenoxy) is 2. The molecule has 0 radical (unpaired) electrons. The summed E-state index contributed by atoms with van der Waals surface area (Å²) in [5.74, 6) is -1.96. The number of hydrogen-bond acceptors (Lipinski definition) is 8. The average Bonchev–Trinajstić information content (AvgIpc) is 3.32. The van der Waals surface area contributed by atoms with Crippen molar-refractivity contribution in [3.05, 3.63) is 22.4 Å². The number of esters is 1. The van der Waals surface area contributed by atoms with Crippen LogP contribution < -0.4 is 16.0 Å². The van der Waals surface area contributed by atoms with Gasteiger partial charge >= 0.3 is 17.3 Å². The minimum atomic E-state index is -1.77. The average molecular weight is 501 g/mol. The number of carboxylic acid groups (broad SMARTS) is 1. The minimum Gasteiger partial charge on any atom is -0.472 e. The summed E-state index contributed by atoms with van der Waals surface area (Å²) in [5.41, 5.74) is -1.77. The number of nitrogens with one attached hydrogen (secondary N) is 3. The molecular weight excluding hydrogens is 476 g/mol. The number of carbonyl (C=O) groups is 5. The summed E-state index contributed by atoms with van der Waals surface area (Å²) in [7, 11) is 1.00. The van der Waals surface area contributed by atoms with Gasteiger partial charge in [-0.05, 0) is 24.3 Å². The number of fused-ring (bicyclic) bond motifs is 1. The molecule has 33 heavy (non-hydrogen) atoms. The van der Waals surface area contributed by atoms with E-state index in [4.69, 9.17) is 9.47 Å². The van der Waals surface area contributed by atoms with Crippen LogP contribution in [0.4, 0.5) is 9.59 Å². The highest BCUT2D eigenvalue weighted by atomic mass is 32.2. The summed E-state index contributed by atoms with van der Waals surface area (Å²) in [6.07, 6.45) is 0.558. The van der Waals surface area contributed by atoms with Crippen molar-refractivity contribution in [1.29, 1.82) is 0 Å². The normalized spacial score (nSPS) is 24.8. The predicted octanol–water partition coefficient (Wildman–Crippen LogP) is 0.779. The Labute approximate surface area is 195 Å². The maximum Gasteiger partial charge on any atom is 0.378 e. The summed E-state index contributed by atoms with van der Waals surface area (Å²) in [5, 5.41) is 17.8. The second-order valence-corrected chi connectivity index (χ2v) is 10.0. The molecule has 12 nitrogen and oxygen atoms in total. The summed E-state index contributed by atoms with van der Waals surface area (Å²) >= 11 is 1.25. The van der Waals surface area contributed by atoms with Gasteiger partial charge in [-0.2, -0.15) is 0 Å². The van der Waals surface area contributed by atoms with Gasteiger partial charge in [0.05, 0.1) is 0 Å². The molecule has 0 saturated carbocycles. The number of amides is 4. The van der Waals surface area contributed by atoms with E-state index in [1.54, 1.807) is 17.5 Å². The molecule has 0 spiro atoms. The van der Waals surface area contributed by atoms with Crippen LogP contribution in [0.25, 0.3) is 0 Å². The SMILES string of the molecule is CNC(=O)NC(C(=O)N[C@]1(OC)C(=O)N2C1CCC(COC(C)=O)=S2C(=O)O)c1cccs1. The fraction of sp³-hybridized carbons (Fsp3) is 0.474. The van der Waals surface area contributed by atoms with Crippen LogP contribution in [0, 0.1) is 0 Å². The fourth-order valence-electron chi connectivity index (χ4n) is 3.72. The highest BCUT2D eigenvalue weighted by molar-refractivity contribution is 8.26. The first-order valence-corrected chi connectivity index (χ1v) is 11.9. The highest BCUT2D eigenvalue weighted by Gasteiger charge is 2.66. The lowest BCUT2D eigenvalue weighted by atomic mass is 9.88. The van der Waals surface area contributed by atoms with Gasteiger partial charge in [-0.15, -0.1) is 11.3 Å². The molecule has 0 bridgehead atoms. The summed E-state index contributed by atoms with van der Waals surface area (Å²) in [6, 6.07) is 0.952. The molecule has 180 valence electrons. The first-order valence-electron chi connectivity index (χ1n) is 9.84. The topological polar surface area (TPSA) is 163 Å². The lowest BCUT2D eigenvalue weighted by Gasteiger charge is -2.56. The number of thiophene rings is 1. The van der Waals surface area contributed by atoms with Crippen molar-refractivity contribution in [2.45, 2.75) is 37.6 Å². The van der Waals surface area contributed by atoms with Gasteiger partial charge in [0.15, 0.2) is 0 Å². The lowest BCUT2D eigenvalue weighted by Crippen LogP contribution is -2.81. The number of urea groups is 1. The van der Waals surface area contributed by atoms with E-state index in [1.165, 1.54) is 32.4 Å². The van der Waals surface area contributed by atoms with Crippen molar-refractivity contribution in [3.8, 4) is 0 Å². The Hall–Kier alpha value is -2.97. The number of rotatable bonds is 7. The fourth-order valence-corrected chi connectivity index (χ4v) is 6.48. The van der Waals surface area contributed by atoms with Crippen molar-refractivity contribution < 1.29 is 38.6 Å². The number of hydrogen-bond donors (Lipinski definition) is 4. The molecule has 14 heteroatoms. The van der Waals surface area contributed by atoms with Gasteiger partial charge in [0.25, 0.3) is 11.8 Å². The third-order valence-electron chi connectivity index (χ3n) is 5.26. The summed E-state index contributed by atoms with van der Waals surface area (Å²) in [6.45, 7) is 1.01. The first-order chi connectivity index (χ1) is 15.7. The number of β-lactam (4-membered cyclic amide) rings is 1. The Balaban J connectivity index is 1.87. The van der Waals surface area contributed by atoms with Gasteiger partial charge in [-0.3, -0.25) is 18.7 Å². The standard InChI is InChI=1S/C19H24N4O8S2/c1-10(24)31-9-11-6-7-13-19(30-3,16(26)23(13)33(11)18(28)29)22-15(25)14(21-17(27)20-2)12-5-4-8-32-12/h4-5,8,13-14H,6-7,9H2,1-3H3,(H,22,25)(H,28,29)(H2,20,21,27)/t13?,14?,19-,33?/m1/s1. The van der Waals surface area contributed by atoms with Gasteiger partial charge in [-0.25, -0.2) is 9.59 Å². The molecule has 2 aliphatic rings. The number of methoxy groups -OCH3 is 1. The molecular formula is C19H24N4O8S2. The molecule has 4 atom stereocenters. The van der Waals surface area contributed by atoms with Gasteiger partial charge < -0.3 is 30.5 Å². The first kappa shape index (κ1) is 24.7. The summed E-state index contributed by atoms with van der Waals surface area (Å²) < 4.78 is 11.6. The van der Waals surface area contributed by atoms with Gasteiger partial charge in [-0.1, -0.05) is 6.07 Å². The zero-order valence-corrected chi connectivity index (χ0v) is 19.7. The second kappa shape index (κ2) is 9.89. The predicted molar refractivity (Wildman–Crippen MR) is 120 cm³/mol. The Kier molecular flexibility index (Phi) is 7.39. The van der Waals surface area contributed by atoms with Crippen LogP contribution in [0.1, 0.15) is 30.7 Å². The largest absolute Gasteiger partial charge is 0.472 e. The van der Waals surface area contributed by atoms with Crippen LogP contribution in [0.3, 0.4) is 0 Å². The molecule has 3 rings (SSSR count). The highest BCUT2D eigenvalue weighted by Crippen LogP contribution is 2.47. The van der Waals surface area contributed by atoms with Gasteiger partial charge in [0.2, 0.25) is 5.72 Å². The van der Waals surface area contributed by atoms with E-state index in [9.17, 15) is 29.1 Å². The van der Waals surface area contributed by atoms with Crippen molar-refractivity contribution >= 4 is 56.0 Å². The van der Waals surface area contributed by atoms with E-state index in [0.717, 1.165) is 4.31 Å². The smallest absolute Gasteiger partial charge is 0.378 e. The summed E-state index contributed by atoms with van der Waals surface area (Å²) in [4.78, 5) is 62.3. The lowest BCUT2D eigenvalue weighted by molar-refractivity contribution is -0.194. The van der Waals surface area contributed by atoms with E-state index in [1.807, 2.05) is 0 Å². The van der Waals surface area contributed by atoms with E-state index in [2.05, 4.69) is 16.0 Å². The quantitative estimate of drug-likeness (QED) is 0.185. The van der Waals surface area contributed by atoms with Crippen LogP contribution in [0.5, 0.6) is 0 Å². The molecule has 1 aromatic rings. The third-order valence-corrected chi connectivity index (χ3v) is 8.21. The maximum atomic E-state index is 13.2. The Morgan fingerprint density at radius 2 is 2.12 bits per heavy atom. The van der Waals surface area contributed by atoms with Gasteiger partial charge in [0, 0.05) is 41.5 Å². The molecule has 4 N–H and O–H groups in total. The van der Waals surface area contributed by atoms with Crippen LogP contribution in [0.2, 0.25) is 0 Å². The third kappa shape index (κ3) is 4.58. The molecule has 3 heterocycles. The molecule has 1 fully saturated rings. The monoisotopic (exact) mass is 500 g/mol. The molecule has 4 amide bonds. The Morgan fingerprint density at radius 3 is 2.67 bits per heavy atom. The zero-order chi connectivity index (χ0) is 24.3. The number of carbonyl (C=O) groups excluding carboxylic acids is 4. The Bertz CT molecular complexity index is 1010. The zero-order valence-electron chi connectivity index (χ0n) is 18.1. The molecule has 1 aromatic heterocycles. The molecule has 0 aliphatic carbocycles. The molecule has 1 saturated heterocycles. The number of nitrogens with zero attached hydrogens (tertiary/aromatic N) is 1. The van der Waals surface area contributed by atoms with Crippen molar-refractivity contribution in [3.63, 3.8) is 0 Å². The Morgan fingerprint density at radius 1 is 1.39 bits per heavy atom. The second-order valence-electron chi connectivity index (χ2n) is 7.16. The van der Waals surface area contributed by atoms with E-state index in [-0.39, 0.29) is 13.0 Å². The van der Waals surface area contributed by atoms with Crippen molar-refractivity contribution in [1.82, 2.24) is 20.3 Å². The molecule has 0 aromatic carbocycles. The van der Waals surface area contributed by atoms with Crippen LogP contribution in [-0.2, 0) is 23.9 Å². The molecule has 3 unspecified atom stereocenters.